The van der Waals surface area contributed by atoms with E-state index >= 15 is 0 Å². The van der Waals surface area contributed by atoms with Crippen LogP contribution >= 0.6 is 0 Å². The van der Waals surface area contributed by atoms with E-state index in [9.17, 15) is 4.79 Å². The topological polar surface area (TPSA) is 68.0 Å². The Morgan fingerprint density at radius 3 is 2.67 bits per heavy atom. The monoisotopic (exact) mass is 297 g/mol. The maximum absolute atomic E-state index is 12.5. The van der Waals surface area contributed by atoms with Gasteiger partial charge in [0.2, 0.25) is 0 Å². The van der Waals surface area contributed by atoms with Gasteiger partial charge in [-0.25, -0.2) is 0 Å². The first kappa shape index (κ1) is 15.2. The number of nitrogens with two attached hydrogens (primary N) is 1. The Morgan fingerprint density at radius 1 is 1.14 bits per heavy atom. The lowest BCUT2D eigenvalue weighted by molar-refractivity contribution is -0.141. The van der Waals surface area contributed by atoms with Crippen molar-refractivity contribution in [3.63, 3.8) is 0 Å². The Balaban J connectivity index is 1.44. The first-order chi connectivity index (χ1) is 10.3. The van der Waals surface area contributed by atoms with Gasteiger partial charge in [-0.1, -0.05) is 0 Å². The fraction of sp³-hybridized carbons (Fsp3) is 0.933. The molecule has 0 saturated carbocycles. The lowest BCUT2D eigenvalue weighted by atomic mass is 10.1. The fourth-order valence-corrected chi connectivity index (χ4v) is 3.60. The molecule has 0 bridgehead atoms. The second-order valence-electron chi connectivity index (χ2n) is 6.41. The minimum Gasteiger partial charge on any atom is -0.379 e. The molecule has 3 aliphatic heterocycles. The van der Waals surface area contributed by atoms with E-state index in [1.54, 1.807) is 0 Å². The number of rotatable bonds is 4. The summed E-state index contributed by atoms with van der Waals surface area (Å²) in [5.41, 5.74) is 5.61. The second-order valence-corrected chi connectivity index (χ2v) is 6.41. The molecule has 3 rings (SSSR count). The van der Waals surface area contributed by atoms with E-state index in [4.69, 9.17) is 15.2 Å². The van der Waals surface area contributed by atoms with Gasteiger partial charge in [0, 0.05) is 39.3 Å². The summed E-state index contributed by atoms with van der Waals surface area (Å²) < 4.78 is 11.1. The summed E-state index contributed by atoms with van der Waals surface area (Å²) in [6.45, 7) is 7.08. The van der Waals surface area contributed by atoms with Gasteiger partial charge in [0.25, 0.3) is 5.91 Å². The van der Waals surface area contributed by atoms with E-state index in [2.05, 4.69) is 4.90 Å². The van der Waals surface area contributed by atoms with Crippen LogP contribution in [0, 0.1) is 5.92 Å². The van der Waals surface area contributed by atoms with Gasteiger partial charge in [0.05, 0.1) is 19.3 Å². The lowest BCUT2D eigenvalue weighted by Crippen LogP contribution is -2.41. The molecule has 0 spiro atoms. The quantitative estimate of drug-likeness (QED) is 0.770. The molecular formula is C15H27N3O3. The van der Waals surface area contributed by atoms with E-state index in [1.807, 2.05) is 4.90 Å². The minimum atomic E-state index is -0.249. The van der Waals surface area contributed by atoms with Crippen LogP contribution in [0.4, 0.5) is 0 Å². The number of carbonyl (C=O) groups excluding carboxylic acids is 1. The Morgan fingerprint density at radius 2 is 1.95 bits per heavy atom. The van der Waals surface area contributed by atoms with Crippen molar-refractivity contribution in [2.24, 2.45) is 11.7 Å². The summed E-state index contributed by atoms with van der Waals surface area (Å²) in [5.74, 6) is 0.772. The second kappa shape index (κ2) is 7.05. The highest BCUT2D eigenvalue weighted by atomic mass is 16.5. The van der Waals surface area contributed by atoms with E-state index in [-0.39, 0.29) is 18.1 Å². The summed E-state index contributed by atoms with van der Waals surface area (Å²) in [7, 11) is 0. The zero-order chi connectivity index (χ0) is 14.7. The van der Waals surface area contributed by atoms with Gasteiger partial charge in [0.1, 0.15) is 6.10 Å². The van der Waals surface area contributed by atoms with Gasteiger partial charge in [-0.15, -0.1) is 0 Å². The summed E-state index contributed by atoms with van der Waals surface area (Å²) >= 11 is 0. The van der Waals surface area contributed by atoms with Crippen molar-refractivity contribution >= 4 is 5.91 Å². The van der Waals surface area contributed by atoms with E-state index < -0.39 is 0 Å². The van der Waals surface area contributed by atoms with Crippen molar-refractivity contribution < 1.29 is 14.3 Å². The summed E-state index contributed by atoms with van der Waals surface area (Å²) in [6, 6.07) is 0. The van der Waals surface area contributed by atoms with Crippen LogP contribution in [0.15, 0.2) is 0 Å². The maximum atomic E-state index is 12.5. The minimum absolute atomic E-state index is 0.0747. The van der Waals surface area contributed by atoms with Crippen LogP contribution in [0.3, 0.4) is 0 Å². The fourth-order valence-electron chi connectivity index (χ4n) is 3.60. The van der Waals surface area contributed by atoms with Crippen LogP contribution in [0.25, 0.3) is 0 Å². The molecular weight excluding hydrogens is 270 g/mol. The third kappa shape index (κ3) is 3.74. The van der Waals surface area contributed by atoms with Crippen molar-refractivity contribution in [1.82, 2.24) is 9.80 Å². The first-order valence-electron chi connectivity index (χ1n) is 8.20. The largest absolute Gasteiger partial charge is 0.379 e. The van der Waals surface area contributed by atoms with E-state index in [0.717, 1.165) is 65.2 Å². The number of nitrogens with zero attached hydrogens (tertiary/aromatic N) is 2. The van der Waals surface area contributed by atoms with Crippen LogP contribution in [0.1, 0.15) is 19.3 Å². The van der Waals surface area contributed by atoms with Crippen LogP contribution in [0.2, 0.25) is 0 Å². The van der Waals surface area contributed by atoms with Crippen LogP contribution in [-0.2, 0) is 14.3 Å². The highest BCUT2D eigenvalue weighted by molar-refractivity contribution is 5.81. The smallest absolute Gasteiger partial charge is 0.251 e. The molecule has 3 heterocycles. The number of carbonyl (C=O) groups is 1. The number of ether oxygens (including phenoxy) is 2. The third-order valence-electron chi connectivity index (χ3n) is 4.86. The number of hydrogen-bond acceptors (Lipinski definition) is 5. The molecule has 0 aliphatic carbocycles. The highest BCUT2D eigenvalue weighted by Crippen LogP contribution is 2.24. The van der Waals surface area contributed by atoms with Crippen molar-refractivity contribution in [2.45, 2.75) is 31.5 Å². The van der Waals surface area contributed by atoms with E-state index in [0.29, 0.717) is 12.5 Å². The van der Waals surface area contributed by atoms with Crippen molar-refractivity contribution in [2.75, 3.05) is 52.5 Å². The summed E-state index contributed by atoms with van der Waals surface area (Å²) in [4.78, 5) is 16.9. The van der Waals surface area contributed by atoms with Gasteiger partial charge < -0.3 is 20.1 Å². The molecule has 120 valence electrons. The molecule has 6 nitrogen and oxygen atoms in total. The van der Waals surface area contributed by atoms with Gasteiger partial charge >= 0.3 is 0 Å². The maximum Gasteiger partial charge on any atom is 0.251 e. The Kier molecular flexibility index (Phi) is 5.11. The Bertz CT molecular complexity index is 360. The predicted octanol–water partition coefficient (Wildman–Crippen LogP) is -0.327. The summed E-state index contributed by atoms with van der Waals surface area (Å²) in [6.07, 6.45) is 2.67. The molecule has 3 fully saturated rings. The zero-order valence-corrected chi connectivity index (χ0v) is 12.7. The SMILES string of the molecule is NC[C@H]1CC[C@@H](C(=O)N2CCC(CN3CCOCC3)C2)O1. The van der Waals surface area contributed by atoms with E-state index in [1.165, 1.54) is 0 Å². The standard InChI is InChI=1S/C15H27N3O3/c16-9-13-1-2-14(21-13)15(19)18-4-3-12(11-18)10-17-5-7-20-8-6-17/h12-14H,1-11,16H2/t12?,13-,14+/m1/s1. The van der Waals surface area contributed by atoms with Crippen molar-refractivity contribution in [3.05, 3.63) is 0 Å². The lowest BCUT2D eigenvalue weighted by Gasteiger charge is -2.29. The Hall–Kier alpha value is -0.690. The average molecular weight is 297 g/mol. The average Bonchev–Trinajstić information content (AvgIpc) is 3.16. The molecule has 21 heavy (non-hydrogen) atoms. The Labute approximate surface area is 126 Å². The third-order valence-corrected chi connectivity index (χ3v) is 4.86. The molecule has 1 unspecified atom stereocenters. The number of likely N-dealkylation sites (tertiary alicyclic amines) is 1. The molecule has 0 aromatic carbocycles. The molecule has 1 amide bonds. The van der Waals surface area contributed by atoms with Crippen molar-refractivity contribution in [3.8, 4) is 0 Å². The molecule has 3 saturated heterocycles. The van der Waals surface area contributed by atoms with Gasteiger partial charge in [0.15, 0.2) is 0 Å². The van der Waals surface area contributed by atoms with Gasteiger partial charge in [-0.05, 0) is 25.2 Å². The molecule has 6 heteroatoms. The molecule has 0 radical (unpaired) electrons. The predicted molar refractivity (Wildman–Crippen MR) is 78.9 cm³/mol. The van der Waals surface area contributed by atoms with Crippen LogP contribution < -0.4 is 5.73 Å². The van der Waals surface area contributed by atoms with Gasteiger partial charge in [-0.2, -0.15) is 0 Å². The zero-order valence-electron chi connectivity index (χ0n) is 12.7. The van der Waals surface area contributed by atoms with Crippen molar-refractivity contribution in [1.29, 1.82) is 0 Å². The normalized spacial score (nSPS) is 34.5. The highest BCUT2D eigenvalue weighted by Gasteiger charge is 2.36. The van der Waals surface area contributed by atoms with Crippen LogP contribution in [0.5, 0.6) is 0 Å². The van der Waals surface area contributed by atoms with Crippen LogP contribution in [-0.4, -0.2) is 80.4 Å². The first-order valence-corrected chi connectivity index (χ1v) is 8.20. The molecule has 2 N–H and O–H groups in total. The number of amides is 1. The number of morpholine rings is 1. The summed E-state index contributed by atoms with van der Waals surface area (Å²) in [5, 5.41) is 0. The molecule has 0 aromatic rings. The molecule has 0 aromatic heterocycles. The number of hydrogen-bond donors (Lipinski definition) is 1. The molecule has 3 atom stereocenters. The molecule has 3 aliphatic rings. The van der Waals surface area contributed by atoms with Gasteiger partial charge in [-0.3, -0.25) is 9.69 Å².